The van der Waals surface area contributed by atoms with Crippen LogP contribution < -0.4 is 4.90 Å². The molecule has 3 heteroatoms. The number of carbonyl (C=O) groups is 1. The summed E-state index contributed by atoms with van der Waals surface area (Å²) in [6.07, 6.45) is 2.38. The van der Waals surface area contributed by atoms with Gasteiger partial charge in [0.1, 0.15) is 5.82 Å². The Balaban J connectivity index is 2.09. The standard InChI is InChI=1S/C18H14N2O/c21-14-15-11-12-18(19-13-15)20(16-7-3-1-4-8-16)17-9-5-2-6-10-17/h1-14H. The lowest BCUT2D eigenvalue weighted by molar-refractivity contribution is 0.112. The molecule has 0 atom stereocenters. The molecule has 0 amide bonds. The van der Waals surface area contributed by atoms with E-state index >= 15 is 0 Å². The van der Waals surface area contributed by atoms with E-state index in [-0.39, 0.29) is 0 Å². The lowest BCUT2D eigenvalue weighted by Gasteiger charge is -2.24. The fourth-order valence-electron chi connectivity index (χ4n) is 2.17. The maximum atomic E-state index is 10.8. The zero-order valence-electron chi connectivity index (χ0n) is 11.4. The van der Waals surface area contributed by atoms with Crippen molar-refractivity contribution in [1.82, 2.24) is 4.98 Å². The van der Waals surface area contributed by atoms with Crippen molar-refractivity contribution in [1.29, 1.82) is 0 Å². The number of para-hydroxylation sites is 2. The van der Waals surface area contributed by atoms with Gasteiger partial charge in [-0.1, -0.05) is 36.4 Å². The molecule has 0 radical (unpaired) electrons. The summed E-state index contributed by atoms with van der Waals surface area (Å²) in [5, 5.41) is 0. The van der Waals surface area contributed by atoms with Crippen molar-refractivity contribution in [3.63, 3.8) is 0 Å². The van der Waals surface area contributed by atoms with Crippen LogP contribution in [0.3, 0.4) is 0 Å². The molecule has 3 aromatic rings. The van der Waals surface area contributed by atoms with Crippen molar-refractivity contribution in [3.8, 4) is 0 Å². The normalized spacial score (nSPS) is 10.1. The van der Waals surface area contributed by atoms with E-state index < -0.39 is 0 Å². The highest BCUT2D eigenvalue weighted by molar-refractivity contribution is 5.77. The van der Waals surface area contributed by atoms with Gasteiger partial charge in [0.15, 0.2) is 6.29 Å². The summed E-state index contributed by atoms with van der Waals surface area (Å²) in [6, 6.07) is 23.7. The molecule has 0 aliphatic heterocycles. The topological polar surface area (TPSA) is 33.2 Å². The SMILES string of the molecule is O=Cc1ccc(N(c2ccccc2)c2ccccc2)nc1. The first-order chi connectivity index (χ1) is 10.4. The number of aromatic nitrogens is 1. The second kappa shape index (κ2) is 6.01. The summed E-state index contributed by atoms with van der Waals surface area (Å²) in [6.45, 7) is 0. The molecule has 3 nitrogen and oxygen atoms in total. The molecule has 0 saturated carbocycles. The van der Waals surface area contributed by atoms with Gasteiger partial charge in [-0.15, -0.1) is 0 Å². The first-order valence-corrected chi connectivity index (χ1v) is 6.70. The van der Waals surface area contributed by atoms with E-state index in [1.807, 2.05) is 66.7 Å². The van der Waals surface area contributed by atoms with Crippen LogP contribution in [-0.4, -0.2) is 11.3 Å². The van der Waals surface area contributed by atoms with Gasteiger partial charge < -0.3 is 0 Å². The summed E-state index contributed by atoms with van der Waals surface area (Å²) in [5.74, 6) is 0.776. The number of carbonyl (C=O) groups excluding carboxylic acids is 1. The van der Waals surface area contributed by atoms with Crippen molar-refractivity contribution in [2.24, 2.45) is 0 Å². The molecule has 0 spiro atoms. The lowest BCUT2D eigenvalue weighted by atomic mass is 10.2. The number of aldehydes is 1. The first-order valence-electron chi connectivity index (χ1n) is 6.70. The van der Waals surface area contributed by atoms with Crippen molar-refractivity contribution in [2.45, 2.75) is 0 Å². The molecule has 0 aliphatic rings. The molecule has 102 valence electrons. The average Bonchev–Trinajstić information content (AvgIpc) is 2.58. The van der Waals surface area contributed by atoms with Crippen LogP contribution in [-0.2, 0) is 0 Å². The largest absolute Gasteiger partial charge is 0.298 e. The number of anilines is 3. The minimum absolute atomic E-state index is 0.569. The van der Waals surface area contributed by atoms with Gasteiger partial charge in [-0.3, -0.25) is 9.69 Å². The van der Waals surface area contributed by atoms with Gasteiger partial charge in [0, 0.05) is 23.1 Å². The third-order valence-electron chi connectivity index (χ3n) is 3.16. The van der Waals surface area contributed by atoms with E-state index in [4.69, 9.17) is 0 Å². The Morgan fingerprint density at radius 2 is 1.33 bits per heavy atom. The summed E-state index contributed by atoms with van der Waals surface area (Å²) < 4.78 is 0. The van der Waals surface area contributed by atoms with E-state index in [0.29, 0.717) is 5.56 Å². The molecule has 2 aromatic carbocycles. The first kappa shape index (κ1) is 13.1. The molecular weight excluding hydrogens is 260 g/mol. The van der Waals surface area contributed by atoms with E-state index in [9.17, 15) is 4.79 Å². The number of nitrogens with zero attached hydrogens (tertiary/aromatic N) is 2. The third kappa shape index (κ3) is 2.82. The Morgan fingerprint density at radius 1 is 0.762 bits per heavy atom. The van der Waals surface area contributed by atoms with Crippen molar-refractivity contribution in [3.05, 3.63) is 84.6 Å². The minimum Gasteiger partial charge on any atom is -0.298 e. The highest BCUT2D eigenvalue weighted by Gasteiger charge is 2.12. The van der Waals surface area contributed by atoms with Gasteiger partial charge in [0.2, 0.25) is 0 Å². The number of hydrogen-bond acceptors (Lipinski definition) is 3. The minimum atomic E-state index is 0.569. The number of benzene rings is 2. The molecule has 0 aliphatic carbocycles. The van der Waals surface area contributed by atoms with E-state index in [1.54, 1.807) is 12.3 Å². The Labute approximate surface area is 123 Å². The molecule has 0 fully saturated rings. The van der Waals surface area contributed by atoms with Crippen LogP contribution in [0.1, 0.15) is 10.4 Å². The van der Waals surface area contributed by atoms with Crippen LogP contribution in [0, 0.1) is 0 Å². The van der Waals surface area contributed by atoms with Gasteiger partial charge in [-0.05, 0) is 36.4 Å². The zero-order chi connectivity index (χ0) is 14.5. The highest BCUT2D eigenvalue weighted by atomic mass is 16.1. The fraction of sp³-hybridized carbons (Fsp3) is 0. The maximum Gasteiger partial charge on any atom is 0.151 e. The molecule has 0 saturated heterocycles. The Morgan fingerprint density at radius 3 is 1.76 bits per heavy atom. The highest BCUT2D eigenvalue weighted by Crippen LogP contribution is 2.32. The molecule has 0 unspecified atom stereocenters. The molecular formula is C18H14N2O. The van der Waals surface area contributed by atoms with Gasteiger partial charge in [0.25, 0.3) is 0 Å². The predicted octanol–water partition coefficient (Wildman–Crippen LogP) is 4.36. The van der Waals surface area contributed by atoms with E-state index in [1.165, 1.54) is 0 Å². The summed E-state index contributed by atoms with van der Waals surface area (Å²) in [5.41, 5.74) is 2.62. The maximum absolute atomic E-state index is 10.8. The summed E-state index contributed by atoms with van der Waals surface area (Å²) in [7, 11) is 0. The van der Waals surface area contributed by atoms with E-state index in [2.05, 4.69) is 9.88 Å². The van der Waals surface area contributed by atoms with Crippen LogP contribution in [0.5, 0.6) is 0 Å². The molecule has 21 heavy (non-hydrogen) atoms. The quantitative estimate of drug-likeness (QED) is 0.662. The molecule has 3 rings (SSSR count). The number of rotatable bonds is 4. The summed E-state index contributed by atoms with van der Waals surface area (Å²) >= 11 is 0. The van der Waals surface area contributed by atoms with Crippen LogP contribution in [0.25, 0.3) is 0 Å². The fourth-order valence-corrected chi connectivity index (χ4v) is 2.17. The zero-order valence-corrected chi connectivity index (χ0v) is 11.4. The Hall–Kier alpha value is -2.94. The van der Waals surface area contributed by atoms with Crippen LogP contribution in [0.15, 0.2) is 79.0 Å². The van der Waals surface area contributed by atoms with Crippen LogP contribution in [0.2, 0.25) is 0 Å². The summed E-state index contributed by atoms with van der Waals surface area (Å²) in [4.78, 5) is 17.2. The van der Waals surface area contributed by atoms with Crippen LogP contribution in [0.4, 0.5) is 17.2 Å². The predicted molar refractivity (Wildman–Crippen MR) is 84.3 cm³/mol. The van der Waals surface area contributed by atoms with Crippen molar-refractivity contribution in [2.75, 3.05) is 4.90 Å². The van der Waals surface area contributed by atoms with Gasteiger partial charge in [-0.25, -0.2) is 4.98 Å². The second-order valence-electron chi connectivity index (χ2n) is 4.57. The Bertz CT molecular complexity index is 670. The number of pyridine rings is 1. The van der Waals surface area contributed by atoms with Gasteiger partial charge >= 0.3 is 0 Å². The van der Waals surface area contributed by atoms with Crippen molar-refractivity contribution < 1.29 is 4.79 Å². The van der Waals surface area contributed by atoms with Crippen molar-refractivity contribution >= 4 is 23.5 Å². The molecule has 1 heterocycles. The number of hydrogen-bond donors (Lipinski definition) is 0. The third-order valence-corrected chi connectivity index (χ3v) is 3.16. The molecule has 1 aromatic heterocycles. The van der Waals surface area contributed by atoms with Gasteiger partial charge in [-0.2, -0.15) is 0 Å². The Kier molecular flexibility index (Phi) is 3.74. The average molecular weight is 274 g/mol. The van der Waals surface area contributed by atoms with E-state index in [0.717, 1.165) is 23.5 Å². The molecule has 0 bridgehead atoms. The molecule has 0 N–H and O–H groups in total. The monoisotopic (exact) mass is 274 g/mol. The van der Waals surface area contributed by atoms with Gasteiger partial charge in [0.05, 0.1) is 0 Å². The van der Waals surface area contributed by atoms with Crippen LogP contribution >= 0.6 is 0 Å². The second-order valence-corrected chi connectivity index (χ2v) is 4.57. The smallest absolute Gasteiger partial charge is 0.151 e. The lowest BCUT2D eigenvalue weighted by Crippen LogP contribution is -2.11.